The van der Waals surface area contributed by atoms with Crippen molar-refractivity contribution < 1.29 is 30.8 Å². The van der Waals surface area contributed by atoms with E-state index >= 15 is 0 Å². The summed E-state index contributed by atoms with van der Waals surface area (Å²) in [4.78, 5) is 12.7. The molecule has 2 rings (SSSR count). The molecule has 152 valence electrons. The summed E-state index contributed by atoms with van der Waals surface area (Å²) in [6.45, 7) is 1.51. The van der Waals surface area contributed by atoms with Gasteiger partial charge in [0.15, 0.2) is 0 Å². The van der Waals surface area contributed by atoms with Crippen LogP contribution in [0.4, 0.5) is 28.9 Å². The van der Waals surface area contributed by atoms with Crippen LogP contribution < -0.4 is 9.62 Å². The van der Waals surface area contributed by atoms with Crippen LogP contribution in [-0.2, 0) is 21.0 Å². The number of nitrogens with zero attached hydrogens (tertiary/aromatic N) is 1. The standard InChI is InChI=1S/C18H18F4N2O3S/c1-3-15(24(28(2,26)27)16-10-5-4-9-14(16)19)17(25)23-13-8-6-7-12(11-13)18(20,21)22/h4-11,15H,3H2,1-2H3,(H,23,25). The lowest BCUT2D eigenvalue weighted by Crippen LogP contribution is -2.47. The number of benzene rings is 2. The average molecular weight is 418 g/mol. The second kappa shape index (κ2) is 8.17. The second-order valence-corrected chi connectivity index (χ2v) is 7.86. The molecule has 0 aliphatic heterocycles. The number of hydrogen-bond donors (Lipinski definition) is 1. The highest BCUT2D eigenvalue weighted by atomic mass is 32.2. The van der Waals surface area contributed by atoms with Crippen LogP contribution in [0.25, 0.3) is 0 Å². The van der Waals surface area contributed by atoms with Crippen LogP contribution in [0.1, 0.15) is 18.9 Å². The van der Waals surface area contributed by atoms with Crippen LogP contribution in [0.15, 0.2) is 48.5 Å². The average Bonchev–Trinajstić information content (AvgIpc) is 2.59. The number of rotatable bonds is 6. The maximum Gasteiger partial charge on any atom is 0.416 e. The third-order valence-electron chi connectivity index (χ3n) is 3.88. The number of amides is 1. The van der Waals surface area contributed by atoms with Crippen LogP contribution in [0.3, 0.4) is 0 Å². The van der Waals surface area contributed by atoms with E-state index in [9.17, 15) is 30.8 Å². The summed E-state index contributed by atoms with van der Waals surface area (Å²) in [5, 5.41) is 2.28. The third kappa shape index (κ3) is 5.00. The van der Waals surface area contributed by atoms with Gasteiger partial charge >= 0.3 is 6.18 Å². The Bertz CT molecular complexity index is 961. The van der Waals surface area contributed by atoms with Crippen molar-refractivity contribution >= 4 is 27.3 Å². The summed E-state index contributed by atoms with van der Waals surface area (Å²) < 4.78 is 77.8. The minimum Gasteiger partial charge on any atom is -0.324 e. The number of para-hydroxylation sites is 1. The van der Waals surface area contributed by atoms with Gasteiger partial charge in [0, 0.05) is 5.69 Å². The molecule has 0 aromatic heterocycles. The summed E-state index contributed by atoms with van der Waals surface area (Å²) in [5.41, 5.74) is -1.44. The Morgan fingerprint density at radius 1 is 1.14 bits per heavy atom. The monoisotopic (exact) mass is 418 g/mol. The summed E-state index contributed by atoms with van der Waals surface area (Å²) in [7, 11) is -4.07. The fraction of sp³-hybridized carbons (Fsp3) is 0.278. The lowest BCUT2D eigenvalue weighted by Gasteiger charge is -2.30. The van der Waals surface area contributed by atoms with Gasteiger partial charge in [0.25, 0.3) is 0 Å². The van der Waals surface area contributed by atoms with E-state index in [1.165, 1.54) is 31.2 Å². The Labute approximate surface area is 160 Å². The quantitative estimate of drug-likeness (QED) is 0.721. The summed E-state index contributed by atoms with van der Waals surface area (Å²) in [5.74, 6) is -1.73. The van der Waals surface area contributed by atoms with Gasteiger partial charge in [-0.1, -0.05) is 25.1 Å². The number of alkyl halides is 3. The zero-order valence-electron chi connectivity index (χ0n) is 15.0. The lowest BCUT2D eigenvalue weighted by molar-refractivity contribution is -0.137. The molecule has 0 bridgehead atoms. The summed E-state index contributed by atoms with van der Waals surface area (Å²) >= 11 is 0. The normalized spacial score (nSPS) is 13.1. The lowest BCUT2D eigenvalue weighted by atomic mass is 10.1. The van der Waals surface area contributed by atoms with E-state index in [0.717, 1.165) is 30.5 Å². The second-order valence-electron chi connectivity index (χ2n) is 6.00. The molecular weight excluding hydrogens is 400 g/mol. The maximum absolute atomic E-state index is 14.2. The van der Waals surface area contributed by atoms with Crippen molar-refractivity contribution in [3.63, 3.8) is 0 Å². The van der Waals surface area contributed by atoms with Crippen molar-refractivity contribution in [3.8, 4) is 0 Å². The smallest absolute Gasteiger partial charge is 0.324 e. The number of nitrogens with one attached hydrogen (secondary N) is 1. The van der Waals surface area contributed by atoms with Gasteiger partial charge in [0.05, 0.1) is 17.5 Å². The first-order chi connectivity index (χ1) is 12.9. The first-order valence-electron chi connectivity index (χ1n) is 8.17. The predicted molar refractivity (Wildman–Crippen MR) is 97.9 cm³/mol. The Morgan fingerprint density at radius 2 is 1.79 bits per heavy atom. The van der Waals surface area contributed by atoms with Gasteiger partial charge in [-0.3, -0.25) is 9.10 Å². The van der Waals surface area contributed by atoms with Crippen molar-refractivity contribution in [1.82, 2.24) is 0 Å². The van der Waals surface area contributed by atoms with Gasteiger partial charge in [0.2, 0.25) is 15.9 Å². The largest absolute Gasteiger partial charge is 0.416 e. The van der Waals surface area contributed by atoms with Crippen molar-refractivity contribution in [2.24, 2.45) is 0 Å². The minimum atomic E-state index is -4.60. The number of sulfonamides is 1. The number of carbonyl (C=O) groups is 1. The van der Waals surface area contributed by atoms with Crippen molar-refractivity contribution in [1.29, 1.82) is 0 Å². The van der Waals surface area contributed by atoms with Gasteiger partial charge in [-0.05, 0) is 36.8 Å². The molecule has 10 heteroatoms. The maximum atomic E-state index is 14.2. The molecule has 0 saturated heterocycles. The highest BCUT2D eigenvalue weighted by Gasteiger charge is 2.34. The first-order valence-corrected chi connectivity index (χ1v) is 10.0. The van der Waals surface area contributed by atoms with E-state index in [1.807, 2.05) is 0 Å². The molecule has 1 unspecified atom stereocenters. The Hall–Kier alpha value is -2.62. The molecular formula is C18H18F4N2O3S. The highest BCUT2D eigenvalue weighted by molar-refractivity contribution is 7.92. The number of carbonyl (C=O) groups excluding carboxylic acids is 1. The molecule has 2 aromatic carbocycles. The van der Waals surface area contributed by atoms with Crippen molar-refractivity contribution in [2.45, 2.75) is 25.6 Å². The summed E-state index contributed by atoms with van der Waals surface area (Å²) in [6.07, 6.45) is -3.82. The first kappa shape index (κ1) is 21.7. The van der Waals surface area contributed by atoms with Gasteiger partial charge < -0.3 is 5.32 Å². The molecule has 1 atom stereocenters. The zero-order valence-corrected chi connectivity index (χ0v) is 15.8. The Balaban J connectivity index is 2.39. The molecule has 0 saturated carbocycles. The van der Waals surface area contributed by atoms with E-state index in [-0.39, 0.29) is 17.8 Å². The topological polar surface area (TPSA) is 66.5 Å². The third-order valence-corrected chi connectivity index (χ3v) is 5.04. The zero-order chi connectivity index (χ0) is 21.1. The molecule has 0 fully saturated rings. The van der Waals surface area contributed by atoms with Crippen LogP contribution in [-0.4, -0.2) is 26.6 Å². The molecule has 0 heterocycles. The van der Waals surface area contributed by atoms with E-state index in [4.69, 9.17) is 0 Å². The van der Waals surface area contributed by atoms with Crippen LogP contribution in [0.2, 0.25) is 0 Å². The van der Waals surface area contributed by atoms with Crippen molar-refractivity contribution in [2.75, 3.05) is 15.9 Å². The van der Waals surface area contributed by atoms with Gasteiger partial charge in [-0.25, -0.2) is 12.8 Å². The molecule has 28 heavy (non-hydrogen) atoms. The molecule has 0 aliphatic rings. The Kier molecular flexibility index (Phi) is 6.33. The van der Waals surface area contributed by atoms with E-state index in [2.05, 4.69) is 5.32 Å². The van der Waals surface area contributed by atoms with Gasteiger partial charge in [-0.15, -0.1) is 0 Å². The minimum absolute atomic E-state index is 0.0355. The fourth-order valence-corrected chi connectivity index (χ4v) is 3.88. The molecule has 0 radical (unpaired) electrons. The fourth-order valence-electron chi connectivity index (χ4n) is 2.66. The van der Waals surface area contributed by atoms with Gasteiger partial charge in [-0.2, -0.15) is 13.2 Å². The number of hydrogen-bond acceptors (Lipinski definition) is 3. The van der Waals surface area contributed by atoms with E-state index in [0.29, 0.717) is 4.31 Å². The van der Waals surface area contributed by atoms with Crippen LogP contribution in [0, 0.1) is 5.82 Å². The highest BCUT2D eigenvalue weighted by Crippen LogP contribution is 2.31. The number of halogens is 4. The SMILES string of the molecule is CCC(C(=O)Nc1cccc(C(F)(F)F)c1)N(c1ccccc1F)S(C)(=O)=O. The summed E-state index contributed by atoms with van der Waals surface area (Å²) in [6, 6.07) is 7.60. The molecule has 2 aromatic rings. The predicted octanol–water partition coefficient (Wildman–Crippen LogP) is 4.03. The van der Waals surface area contributed by atoms with Crippen LogP contribution >= 0.6 is 0 Å². The van der Waals surface area contributed by atoms with Crippen LogP contribution in [0.5, 0.6) is 0 Å². The number of anilines is 2. The molecule has 0 aliphatic carbocycles. The molecule has 5 nitrogen and oxygen atoms in total. The molecule has 0 spiro atoms. The van der Waals surface area contributed by atoms with Gasteiger partial charge in [0.1, 0.15) is 11.9 Å². The molecule has 1 amide bonds. The van der Waals surface area contributed by atoms with Crippen molar-refractivity contribution in [3.05, 3.63) is 59.9 Å². The van der Waals surface area contributed by atoms with E-state index in [1.54, 1.807) is 0 Å². The Morgan fingerprint density at radius 3 is 2.32 bits per heavy atom. The molecule has 1 N–H and O–H groups in total. The van der Waals surface area contributed by atoms with E-state index < -0.39 is 39.5 Å².